The molecule has 1 fully saturated rings. The average molecular weight is 479 g/mol. The normalized spacial score (nSPS) is 14.6. The van der Waals surface area contributed by atoms with Crippen LogP contribution in [0.5, 0.6) is 5.75 Å². The summed E-state index contributed by atoms with van der Waals surface area (Å²) in [5, 5.41) is 11.7. The van der Waals surface area contributed by atoms with Gasteiger partial charge in [0.15, 0.2) is 0 Å². The Bertz CT molecular complexity index is 1390. The van der Waals surface area contributed by atoms with Gasteiger partial charge in [-0.05, 0) is 61.0 Å². The Kier molecular flexibility index (Phi) is 6.02. The van der Waals surface area contributed by atoms with Crippen LogP contribution in [0.1, 0.15) is 11.3 Å². The van der Waals surface area contributed by atoms with Crippen molar-refractivity contribution in [2.75, 3.05) is 31.1 Å². The highest BCUT2D eigenvalue weighted by atomic mass is 35.5. The number of fused-ring (bicyclic) bond motifs is 1. The minimum absolute atomic E-state index is 0.107. The molecule has 7 heteroatoms. The number of rotatable bonds is 4. The molecule has 0 unspecified atom stereocenters. The van der Waals surface area contributed by atoms with Crippen LogP contribution in [0.3, 0.4) is 0 Å². The number of aromatic hydroxyl groups is 1. The van der Waals surface area contributed by atoms with Gasteiger partial charge < -0.3 is 14.4 Å². The van der Waals surface area contributed by atoms with Crippen LogP contribution in [-0.4, -0.2) is 36.2 Å². The van der Waals surface area contributed by atoms with Gasteiger partial charge in [-0.1, -0.05) is 23.7 Å². The monoisotopic (exact) mass is 478 g/mol. The molecule has 1 N–H and O–H groups in total. The number of nitrogens with zero attached hydrogens (tertiary/aromatic N) is 2. The van der Waals surface area contributed by atoms with Crippen molar-refractivity contribution in [1.82, 2.24) is 4.90 Å². The fourth-order valence-electron chi connectivity index (χ4n) is 4.55. The van der Waals surface area contributed by atoms with Gasteiger partial charge in [-0.3, -0.25) is 9.69 Å². The summed E-state index contributed by atoms with van der Waals surface area (Å²) in [5.41, 5.74) is 3.11. The molecular formula is C27H24ClFN2O3. The standard InChI is InChI=1S/C27H24ClFN2O3/c1-17-25(18-2-4-19(28)5-3-18)26(33)22-10-11-24(32)23(27(22)34-17)16-30-12-14-31(15-13-30)21-8-6-20(29)7-9-21/h2-11,32H,12-16H2,1H3. The summed E-state index contributed by atoms with van der Waals surface area (Å²) in [6.07, 6.45) is 0. The lowest BCUT2D eigenvalue weighted by Crippen LogP contribution is -2.46. The van der Waals surface area contributed by atoms with Crippen molar-refractivity contribution in [1.29, 1.82) is 0 Å². The van der Waals surface area contributed by atoms with Crippen LogP contribution in [0.4, 0.5) is 10.1 Å². The molecule has 5 nitrogen and oxygen atoms in total. The van der Waals surface area contributed by atoms with E-state index in [1.54, 1.807) is 55.5 Å². The molecule has 1 aliphatic heterocycles. The van der Waals surface area contributed by atoms with Gasteiger partial charge in [0.1, 0.15) is 22.9 Å². The SMILES string of the molecule is Cc1oc2c(CN3CCN(c4ccc(F)cc4)CC3)c(O)ccc2c(=O)c1-c1ccc(Cl)cc1. The van der Waals surface area contributed by atoms with Crippen molar-refractivity contribution in [2.45, 2.75) is 13.5 Å². The summed E-state index contributed by atoms with van der Waals surface area (Å²) in [6, 6.07) is 16.8. The molecule has 4 aromatic rings. The van der Waals surface area contributed by atoms with E-state index in [9.17, 15) is 14.3 Å². The molecule has 1 saturated heterocycles. The molecule has 1 aromatic heterocycles. The molecule has 0 atom stereocenters. The fourth-order valence-corrected chi connectivity index (χ4v) is 4.68. The zero-order valence-corrected chi connectivity index (χ0v) is 19.5. The Morgan fingerprint density at radius 1 is 0.971 bits per heavy atom. The summed E-state index contributed by atoms with van der Waals surface area (Å²) in [6.45, 7) is 5.31. The molecule has 0 spiro atoms. The molecule has 0 radical (unpaired) electrons. The summed E-state index contributed by atoms with van der Waals surface area (Å²) >= 11 is 6.00. The molecule has 3 aromatic carbocycles. The highest BCUT2D eigenvalue weighted by molar-refractivity contribution is 6.30. The third-order valence-electron chi connectivity index (χ3n) is 6.39. The Balaban J connectivity index is 1.43. The number of halogens is 2. The first kappa shape index (κ1) is 22.4. The summed E-state index contributed by atoms with van der Waals surface area (Å²) in [7, 11) is 0. The van der Waals surface area contributed by atoms with Gasteiger partial charge in [-0.25, -0.2) is 4.39 Å². The Morgan fingerprint density at radius 3 is 2.32 bits per heavy atom. The number of aryl methyl sites for hydroxylation is 1. The lowest BCUT2D eigenvalue weighted by Gasteiger charge is -2.36. The molecule has 34 heavy (non-hydrogen) atoms. The van der Waals surface area contributed by atoms with Crippen LogP contribution in [-0.2, 0) is 6.54 Å². The number of phenolic OH excluding ortho intramolecular Hbond substituents is 1. The minimum Gasteiger partial charge on any atom is -0.507 e. The number of hydrogen-bond acceptors (Lipinski definition) is 5. The number of piperazine rings is 1. The van der Waals surface area contributed by atoms with Gasteiger partial charge in [-0.2, -0.15) is 0 Å². The fraction of sp³-hybridized carbons (Fsp3) is 0.222. The van der Waals surface area contributed by atoms with Crippen molar-refractivity contribution < 1.29 is 13.9 Å². The topological polar surface area (TPSA) is 56.9 Å². The van der Waals surface area contributed by atoms with E-state index in [0.717, 1.165) is 37.4 Å². The van der Waals surface area contributed by atoms with Gasteiger partial charge >= 0.3 is 0 Å². The molecule has 0 saturated carbocycles. The average Bonchev–Trinajstić information content (AvgIpc) is 2.83. The van der Waals surface area contributed by atoms with E-state index in [-0.39, 0.29) is 17.0 Å². The van der Waals surface area contributed by atoms with E-state index in [2.05, 4.69) is 9.80 Å². The highest BCUT2D eigenvalue weighted by Gasteiger charge is 2.22. The first-order chi connectivity index (χ1) is 16.4. The zero-order valence-electron chi connectivity index (χ0n) is 18.7. The van der Waals surface area contributed by atoms with E-state index in [1.165, 1.54) is 12.1 Å². The second kappa shape index (κ2) is 9.12. The molecule has 1 aliphatic rings. The van der Waals surface area contributed by atoms with Crippen LogP contribution in [0.2, 0.25) is 5.02 Å². The maximum absolute atomic E-state index is 13.4. The van der Waals surface area contributed by atoms with E-state index < -0.39 is 0 Å². The molecule has 0 amide bonds. The first-order valence-electron chi connectivity index (χ1n) is 11.2. The van der Waals surface area contributed by atoms with Crippen molar-refractivity contribution >= 4 is 28.3 Å². The van der Waals surface area contributed by atoms with E-state index in [0.29, 0.717) is 39.4 Å². The van der Waals surface area contributed by atoms with E-state index in [4.69, 9.17) is 16.0 Å². The predicted molar refractivity (Wildman–Crippen MR) is 133 cm³/mol. The van der Waals surface area contributed by atoms with Crippen LogP contribution >= 0.6 is 11.6 Å². The lowest BCUT2D eigenvalue weighted by atomic mass is 10.0. The quantitative estimate of drug-likeness (QED) is 0.414. The van der Waals surface area contributed by atoms with E-state index >= 15 is 0 Å². The van der Waals surface area contributed by atoms with Crippen LogP contribution < -0.4 is 10.3 Å². The summed E-state index contributed by atoms with van der Waals surface area (Å²) < 4.78 is 19.4. The zero-order chi connectivity index (χ0) is 23.8. The van der Waals surface area contributed by atoms with Gasteiger partial charge in [0.25, 0.3) is 0 Å². The van der Waals surface area contributed by atoms with Crippen molar-refractivity contribution in [3.8, 4) is 16.9 Å². The molecule has 2 heterocycles. The predicted octanol–water partition coefficient (Wildman–Crippen LogP) is 5.59. The van der Waals surface area contributed by atoms with Crippen LogP contribution in [0, 0.1) is 12.7 Å². The number of benzene rings is 3. The largest absolute Gasteiger partial charge is 0.507 e. The van der Waals surface area contributed by atoms with Gasteiger partial charge in [-0.15, -0.1) is 0 Å². The van der Waals surface area contributed by atoms with Crippen LogP contribution in [0.25, 0.3) is 22.1 Å². The van der Waals surface area contributed by atoms with Crippen molar-refractivity contribution in [3.05, 3.63) is 93.1 Å². The third kappa shape index (κ3) is 4.27. The Hall–Kier alpha value is -3.35. The van der Waals surface area contributed by atoms with Crippen molar-refractivity contribution in [3.63, 3.8) is 0 Å². The Morgan fingerprint density at radius 2 is 1.65 bits per heavy atom. The van der Waals surface area contributed by atoms with Crippen molar-refractivity contribution in [2.24, 2.45) is 0 Å². The third-order valence-corrected chi connectivity index (χ3v) is 6.65. The van der Waals surface area contributed by atoms with Gasteiger partial charge in [0.2, 0.25) is 5.43 Å². The second-order valence-corrected chi connectivity index (χ2v) is 8.99. The maximum atomic E-state index is 13.4. The maximum Gasteiger partial charge on any atom is 0.200 e. The summed E-state index contributed by atoms with van der Waals surface area (Å²) in [5.74, 6) is 0.355. The Labute approximate surface area is 201 Å². The van der Waals surface area contributed by atoms with Gasteiger partial charge in [0, 0.05) is 43.4 Å². The molecule has 0 bridgehead atoms. The molecule has 0 aliphatic carbocycles. The number of hydrogen-bond donors (Lipinski definition) is 1. The number of anilines is 1. The second-order valence-electron chi connectivity index (χ2n) is 8.55. The molecule has 174 valence electrons. The molecule has 5 rings (SSSR count). The summed E-state index contributed by atoms with van der Waals surface area (Å²) in [4.78, 5) is 17.8. The number of phenols is 1. The van der Waals surface area contributed by atoms with E-state index in [1.807, 2.05) is 0 Å². The minimum atomic E-state index is -0.246. The van der Waals surface area contributed by atoms with Gasteiger partial charge in [0.05, 0.1) is 16.5 Å². The first-order valence-corrected chi connectivity index (χ1v) is 11.6. The highest BCUT2D eigenvalue weighted by Crippen LogP contribution is 2.32. The molecular weight excluding hydrogens is 455 g/mol. The van der Waals surface area contributed by atoms with Crippen LogP contribution in [0.15, 0.2) is 69.9 Å². The lowest BCUT2D eigenvalue weighted by molar-refractivity contribution is 0.246. The smallest absolute Gasteiger partial charge is 0.200 e.